The van der Waals surface area contributed by atoms with Crippen molar-refractivity contribution in [2.45, 2.75) is 90.4 Å². The first kappa shape index (κ1) is 27.8. The van der Waals surface area contributed by atoms with Crippen molar-refractivity contribution in [3.8, 4) is 17.1 Å². The highest BCUT2D eigenvalue weighted by Crippen LogP contribution is 2.19. The molecule has 0 fully saturated rings. The Balaban J connectivity index is 1.57. The molecule has 0 bridgehead atoms. The van der Waals surface area contributed by atoms with Gasteiger partial charge in [-0.05, 0) is 44.1 Å². The zero-order valence-electron chi connectivity index (χ0n) is 20.8. The van der Waals surface area contributed by atoms with Gasteiger partial charge in [-0.15, -0.1) is 0 Å². The first-order chi connectivity index (χ1) is 16.7. The monoisotopic (exact) mass is 470 g/mol. The zero-order chi connectivity index (χ0) is 24.3. The van der Waals surface area contributed by atoms with Gasteiger partial charge in [0.15, 0.2) is 11.6 Å². The minimum Gasteiger partial charge on any atom is -0.490 e. The molecule has 0 saturated carbocycles. The fraction of sp³-hybridized carbons (Fsp3) is 0.607. The van der Waals surface area contributed by atoms with Gasteiger partial charge in [-0.2, -0.15) is 0 Å². The molecule has 1 N–H and O–H groups in total. The third-order valence-electron chi connectivity index (χ3n) is 5.75. The maximum Gasteiger partial charge on any atom is 0.303 e. The Bertz CT molecular complexity index is 778. The van der Waals surface area contributed by atoms with E-state index in [1.165, 1.54) is 37.7 Å². The molecule has 0 aliphatic heterocycles. The molecule has 1 heterocycles. The second-order valence-corrected chi connectivity index (χ2v) is 8.83. The number of aryl methyl sites for hydroxylation is 1. The highest BCUT2D eigenvalue weighted by molar-refractivity contribution is 5.66. The molecule has 0 unspecified atom stereocenters. The van der Waals surface area contributed by atoms with Crippen molar-refractivity contribution in [1.29, 1.82) is 0 Å². The van der Waals surface area contributed by atoms with Crippen molar-refractivity contribution in [2.75, 3.05) is 19.8 Å². The van der Waals surface area contributed by atoms with Crippen LogP contribution in [0.15, 0.2) is 36.7 Å². The Kier molecular flexibility index (Phi) is 14.6. The van der Waals surface area contributed by atoms with Gasteiger partial charge in [0.1, 0.15) is 0 Å². The van der Waals surface area contributed by atoms with E-state index in [1.807, 2.05) is 0 Å². The average molecular weight is 471 g/mol. The van der Waals surface area contributed by atoms with Crippen LogP contribution in [0.2, 0.25) is 0 Å². The van der Waals surface area contributed by atoms with Gasteiger partial charge in [-0.25, -0.2) is 9.97 Å². The number of rotatable bonds is 20. The van der Waals surface area contributed by atoms with Gasteiger partial charge in [-0.1, -0.05) is 69.7 Å². The minimum absolute atomic E-state index is 0.306. The lowest BCUT2D eigenvalue weighted by Gasteiger charge is -2.07. The van der Waals surface area contributed by atoms with Gasteiger partial charge in [0.25, 0.3) is 0 Å². The molecule has 6 heteroatoms. The van der Waals surface area contributed by atoms with E-state index in [2.05, 4.69) is 41.2 Å². The van der Waals surface area contributed by atoms with E-state index in [-0.39, 0.29) is 0 Å². The van der Waals surface area contributed by atoms with Crippen molar-refractivity contribution >= 4 is 5.97 Å². The summed E-state index contributed by atoms with van der Waals surface area (Å²) in [5.74, 6) is 0.740. The summed E-state index contributed by atoms with van der Waals surface area (Å²) in [7, 11) is 0. The predicted octanol–water partition coefficient (Wildman–Crippen LogP) is 6.87. The molecule has 0 saturated heterocycles. The normalized spacial score (nSPS) is 11.0. The molecule has 1 aromatic carbocycles. The van der Waals surface area contributed by atoms with Gasteiger partial charge in [0.05, 0.1) is 19.0 Å². The SMILES string of the molecule is CCCOCCCCOc1cnc(-c2ccc(CCCCCCCCCCC(=O)O)cc2)nc1. The summed E-state index contributed by atoms with van der Waals surface area (Å²) in [6.07, 6.45) is 17.1. The Hall–Kier alpha value is -2.47. The lowest BCUT2D eigenvalue weighted by Crippen LogP contribution is -2.02. The van der Waals surface area contributed by atoms with Gasteiger partial charge >= 0.3 is 5.97 Å². The van der Waals surface area contributed by atoms with Crippen LogP contribution >= 0.6 is 0 Å². The van der Waals surface area contributed by atoms with Crippen molar-refractivity contribution in [3.63, 3.8) is 0 Å². The largest absolute Gasteiger partial charge is 0.490 e. The standard InChI is InChI=1S/C28H42N2O4/c1-2-19-33-20-11-12-21-34-26-22-29-28(30-23-26)25-17-15-24(16-18-25)13-9-7-5-3-4-6-8-10-14-27(31)32/h15-18,22-23H,2-14,19-21H2,1H3,(H,31,32). The van der Waals surface area contributed by atoms with Crippen LogP contribution in [-0.2, 0) is 16.0 Å². The molecule has 0 aliphatic carbocycles. The lowest BCUT2D eigenvalue weighted by molar-refractivity contribution is -0.137. The molecule has 6 nitrogen and oxygen atoms in total. The minimum atomic E-state index is -0.682. The van der Waals surface area contributed by atoms with Gasteiger partial charge in [0.2, 0.25) is 0 Å². The molecule has 0 atom stereocenters. The van der Waals surface area contributed by atoms with Crippen molar-refractivity contribution in [1.82, 2.24) is 9.97 Å². The second-order valence-electron chi connectivity index (χ2n) is 8.83. The quantitative estimate of drug-likeness (QED) is 0.213. The zero-order valence-corrected chi connectivity index (χ0v) is 20.8. The fourth-order valence-electron chi connectivity index (χ4n) is 3.77. The van der Waals surface area contributed by atoms with Crippen LogP contribution < -0.4 is 4.74 Å². The van der Waals surface area contributed by atoms with Crippen LogP contribution in [0.25, 0.3) is 11.4 Å². The number of carboxylic acid groups (broad SMARTS) is 1. The summed E-state index contributed by atoms with van der Waals surface area (Å²) in [6, 6.07) is 8.54. The number of carboxylic acids is 1. The summed E-state index contributed by atoms with van der Waals surface area (Å²) >= 11 is 0. The smallest absolute Gasteiger partial charge is 0.303 e. The van der Waals surface area contributed by atoms with E-state index in [4.69, 9.17) is 14.6 Å². The number of unbranched alkanes of at least 4 members (excludes halogenated alkanes) is 8. The van der Waals surface area contributed by atoms with E-state index in [0.717, 1.165) is 69.5 Å². The van der Waals surface area contributed by atoms with Crippen molar-refractivity contribution < 1.29 is 19.4 Å². The van der Waals surface area contributed by atoms with E-state index in [1.54, 1.807) is 12.4 Å². The van der Waals surface area contributed by atoms with E-state index in [9.17, 15) is 4.79 Å². The predicted molar refractivity (Wildman–Crippen MR) is 136 cm³/mol. The van der Waals surface area contributed by atoms with E-state index >= 15 is 0 Å². The molecule has 0 spiro atoms. The molecule has 1 aromatic heterocycles. The number of nitrogens with zero attached hydrogens (tertiary/aromatic N) is 2. The van der Waals surface area contributed by atoms with E-state index in [0.29, 0.717) is 18.8 Å². The molecule has 2 aromatic rings. The van der Waals surface area contributed by atoms with E-state index < -0.39 is 5.97 Å². The van der Waals surface area contributed by atoms with Crippen LogP contribution in [0.1, 0.15) is 89.5 Å². The molecule has 2 rings (SSSR count). The number of aliphatic carboxylic acids is 1. The number of benzene rings is 1. The molecular weight excluding hydrogens is 428 g/mol. The molecule has 34 heavy (non-hydrogen) atoms. The van der Waals surface area contributed by atoms with Crippen LogP contribution in [0, 0.1) is 0 Å². The first-order valence-electron chi connectivity index (χ1n) is 13.0. The van der Waals surface area contributed by atoms with Crippen LogP contribution in [0.4, 0.5) is 0 Å². The first-order valence-corrected chi connectivity index (χ1v) is 13.0. The van der Waals surface area contributed by atoms with Crippen LogP contribution in [0.3, 0.4) is 0 Å². The highest BCUT2D eigenvalue weighted by Gasteiger charge is 2.03. The Morgan fingerprint density at radius 2 is 1.41 bits per heavy atom. The third kappa shape index (κ3) is 12.7. The topological polar surface area (TPSA) is 81.5 Å². The van der Waals surface area contributed by atoms with Gasteiger partial charge in [0, 0.05) is 25.2 Å². The summed E-state index contributed by atoms with van der Waals surface area (Å²) in [5, 5.41) is 8.63. The summed E-state index contributed by atoms with van der Waals surface area (Å²) < 4.78 is 11.2. The van der Waals surface area contributed by atoms with Crippen LogP contribution in [-0.4, -0.2) is 40.9 Å². The van der Waals surface area contributed by atoms with Crippen molar-refractivity contribution in [3.05, 3.63) is 42.2 Å². The van der Waals surface area contributed by atoms with Gasteiger partial charge < -0.3 is 14.6 Å². The molecule has 0 amide bonds. The summed E-state index contributed by atoms with van der Waals surface area (Å²) in [4.78, 5) is 19.4. The lowest BCUT2D eigenvalue weighted by atomic mass is 10.0. The maximum absolute atomic E-state index is 10.5. The number of hydrogen-bond acceptors (Lipinski definition) is 5. The number of carbonyl (C=O) groups is 1. The molecule has 0 radical (unpaired) electrons. The Labute approximate surface area is 205 Å². The number of hydrogen-bond donors (Lipinski definition) is 1. The molecule has 188 valence electrons. The van der Waals surface area contributed by atoms with Gasteiger partial charge in [-0.3, -0.25) is 4.79 Å². The summed E-state index contributed by atoms with van der Waals surface area (Å²) in [6.45, 7) is 4.39. The Morgan fingerprint density at radius 3 is 2.06 bits per heavy atom. The Morgan fingerprint density at radius 1 is 0.794 bits per heavy atom. The molecular formula is C28H42N2O4. The summed E-state index contributed by atoms with van der Waals surface area (Å²) in [5.41, 5.74) is 2.37. The molecule has 0 aliphatic rings. The average Bonchev–Trinajstić information content (AvgIpc) is 2.85. The second kappa shape index (κ2) is 17.9. The van der Waals surface area contributed by atoms with Crippen LogP contribution in [0.5, 0.6) is 5.75 Å². The highest BCUT2D eigenvalue weighted by atomic mass is 16.5. The number of ether oxygens (including phenoxy) is 2. The maximum atomic E-state index is 10.5. The third-order valence-corrected chi connectivity index (χ3v) is 5.75. The number of aromatic nitrogens is 2. The van der Waals surface area contributed by atoms with Crippen molar-refractivity contribution in [2.24, 2.45) is 0 Å². The fourth-order valence-corrected chi connectivity index (χ4v) is 3.77.